The Hall–Kier alpha value is -4.07. The van der Waals surface area contributed by atoms with E-state index in [2.05, 4.69) is 10.6 Å². The highest BCUT2D eigenvalue weighted by molar-refractivity contribution is 6.08. The van der Waals surface area contributed by atoms with Crippen LogP contribution in [0.15, 0.2) is 65.1 Å². The van der Waals surface area contributed by atoms with Crippen molar-refractivity contribution in [2.24, 2.45) is 0 Å². The van der Waals surface area contributed by atoms with E-state index in [4.69, 9.17) is 9.15 Å². The molecule has 1 atom stereocenters. The van der Waals surface area contributed by atoms with Gasteiger partial charge in [0.1, 0.15) is 23.0 Å². The number of nitro benzene ring substituents is 1. The number of hydrogen-bond acceptors (Lipinski definition) is 6. The number of fused-ring (bicyclic) bond motifs is 3. The van der Waals surface area contributed by atoms with Gasteiger partial charge in [-0.05, 0) is 25.1 Å². The summed E-state index contributed by atoms with van der Waals surface area (Å²) in [5.41, 5.74) is 2.28. The smallest absolute Gasteiger partial charge is 0.271 e. The summed E-state index contributed by atoms with van der Waals surface area (Å²) in [7, 11) is 1.53. The van der Waals surface area contributed by atoms with E-state index in [9.17, 15) is 14.9 Å². The standard InChI is InChI=1S/C22H19N3O5/c1-13(23-14-6-5-7-15(10-14)25(27)28)22(26)24-18-12-20-17(11-21(18)29-2)16-8-3-4-9-19(16)30-20/h3-13,23H,1-2H3,(H,24,26)/t13-/m1/s1. The summed E-state index contributed by atoms with van der Waals surface area (Å²) in [6.45, 7) is 1.67. The molecule has 1 heterocycles. The topological polar surface area (TPSA) is 107 Å². The molecule has 0 spiro atoms. The number of ether oxygens (including phenoxy) is 1. The SMILES string of the molecule is COc1cc2c(cc1NC(=O)[C@@H](C)Nc1cccc([N+](=O)[O-])c1)oc1ccccc12. The maximum Gasteiger partial charge on any atom is 0.271 e. The molecule has 152 valence electrons. The Bertz CT molecular complexity index is 1260. The number of amides is 1. The van der Waals surface area contributed by atoms with Crippen molar-refractivity contribution in [1.82, 2.24) is 0 Å². The van der Waals surface area contributed by atoms with E-state index < -0.39 is 11.0 Å². The molecule has 0 saturated heterocycles. The second-order valence-electron chi connectivity index (χ2n) is 6.81. The summed E-state index contributed by atoms with van der Waals surface area (Å²) in [6, 6.07) is 16.6. The minimum atomic E-state index is -0.650. The van der Waals surface area contributed by atoms with Crippen LogP contribution in [0.25, 0.3) is 21.9 Å². The first-order chi connectivity index (χ1) is 14.5. The lowest BCUT2D eigenvalue weighted by Gasteiger charge is -2.16. The molecule has 0 saturated carbocycles. The summed E-state index contributed by atoms with van der Waals surface area (Å²) in [6.07, 6.45) is 0. The molecule has 1 amide bonds. The molecule has 8 heteroatoms. The molecule has 4 rings (SSSR count). The van der Waals surface area contributed by atoms with Crippen LogP contribution in [0.1, 0.15) is 6.92 Å². The predicted octanol–water partition coefficient (Wildman–Crippen LogP) is 4.94. The molecule has 0 aliphatic heterocycles. The van der Waals surface area contributed by atoms with Gasteiger partial charge in [-0.2, -0.15) is 0 Å². The van der Waals surface area contributed by atoms with E-state index >= 15 is 0 Å². The van der Waals surface area contributed by atoms with Crippen molar-refractivity contribution >= 4 is 44.9 Å². The van der Waals surface area contributed by atoms with E-state index in [1.165, 1.54) is 19.2 Å². The Kier molecular flexibility index (Phi) is 4.97. The highest BCUT2D eigenvalue weighted by atomic mass is 16.6. The molecular formula is C22H19N3O5. The Morgan fingerprint density at radius 3 is 2.63 bits per heavy atom. The number of nitrogens with one attached hydrogen (secondary N) is 2. The summed E-state index contributed by atoms with van der Waals surface area (Å²) < 4.78 is 11.3. The zero-order chi connectivity index (χ0) is 21.3. The number of nitrogens with zero attached hydrogens (tertiary/aromatic N) is 1. The van der Waals surface area contributed by atoms with Gasteiger partial charge < -0.3 is 19.8 Å². The van der Waals surface area contributed by atoms with Crippen LogP contribution in [0, 0.1) is 10.1 Å². The van der Waals surface area contributed by atoms with E-state index in [0.717, 1.165) is 16.4 Å². The molecule has 0 aliphatic carbocycles. The van der Waals surface area contributed by atoms with Crippen LogP contribution >= 0.6 is 0 Å². The lowest BCUT2D eigenvalue weighted by atomic mass is 10.1. The van der Waals surface area contributed by atoms with Crippen LogP contribution in [0.5, 0.6) is 5.75 Å². The zero-order valence-corrected chi connectivity index (χ0v) is 16.3. The van der Waals surface area contributed by atoms with Gasteiger partial charge in [-0.1, -0.05) is 24.3 Å². The van der Waals surface area contributed by atoms with Crippen LogP contribution in [-0.2, 0) is 4.79 Å². The van der Waals surface area contributed by atoms with Crippen LogP contribution in [0.3, 0.4) is 0 Å². The van der Waals surface area contributed by atoms with Gasteiger partial charge in [-0.25, -0.2) is 0 Å². The zero-order valence-electron chi connectivity index (χ0n) is 16.3. The Balaban J connectivity index is 1.58. The van der Waals surface area contributed by atoms with Crippen LogP contribution in [0.4, 0.5) is 17.1 Å². The summed E-state index contributed by atoms with van der Waals surface area (Å²) in [5.74, 6) is 0.181. The van der Waals surface area contributed by atoms with Gasteiger partial charge in [0.25, 0.3) is 5.69 Å². The number of rotatable bonds is 6. The van der Waals surface area contributed by atoms with Gasteiger partial charge in [-0.3, -0.25) is 14.9 Å². The lowest BCUT2D eigenvalue weighted by Crippen LogP contribution is -2.32. The van der Waals surface area contributed by atoms with Crippen LogP contribution in [0.2, 0.25) is 0 Å². The number of carbonyl (C=O) groups is 1. The van der Waals surface area contributed by atoms with E-state index in [1.807, 2.05) is 30.3 Å². The van der Waals surface area contributed by atoms with Crippen molar-refractivity contribution in [1.29, 1.82) is 0 Å². The maximum atomic E-state index is 12.7. The number of para-hydroxylation sites is 1. The number of furan rings is 1. The number of nitro groups is 1. The molecule has 2 N–H and O–H groups in total. The molecule has 30 heavy (non-hydrogen) atoms. The third kappa shape index (κ3) is 3.62. The maximum absolute atomic E-state index is 12.7. The normalized spacial score (nSPS) is 11.9. The summed E-state index contributed by atoms with van der Waals surface area (Å²) in [4.78, 5) is 23.2. The summed E-state index contributed by atoms with van der Waals surface area (Å²) >= 11 is 0. The van der Waals surface area contributed by atoms with Crippen LogP contribution in [-0.4, -0.2) is 24.0 Å². The van der Waals surface area contributed by atoms with Crippen molar-refractivity contribution in [3.63, 3.8) is 0 Å². The summed E-state index contributed by atoms with van der Waals surface area (Å²) in [5, 5.41) is 18.6. The third-order valence-corrected chi connectivity index (χ3v) is 4.79. The van der Waals surface area contributed by atoms with Gasteiger partial charge >= 0.3 is 0 Å². The minimum absolute atomic E-state index is 0.0513. The van der Waals surface area contributed by atoms with Crippen molar-refractivity contribution in [3.8, 4) is 5.75 Å². The third-order valence-electron chi connectivity index (χ3n) is 4.79. The first-order valence-corrected chi connectivity index (χ1v) is 9.27. The van der Waals surface area contributed by atoms with Gasteiger partial charge in [0.15, 0.2) is 0 Å². The van der Waals surface area contributed by atoms with Gasteiger partial charge in [0.05, 0.1) is 17.7 Å². The fourth-order valence-corrected chi connectivity index (χ4v) is 3.28. The molecule has 0 bridgehead atoms. The van der Waals surface area contributed by atoms with Crippen molar-refractivity contribution in [2.45, 2.75) is 13.0 Å². The molecule has 0 unspecified atom stereocenters. The first-order valence-electron chi connectivity index (χ1n) is 9.27. The average molecular weight is 405 g/mol. The van der Waals surface area contributed by atoms with Gasteiger partial charge in [0, 0.05) is 34.7 Å². The minimum Gasteiger partial charge on any atom is -0.495 e. The lowest BCUT2D eigenvalue weighted by molar-refractivity contribution is -0.384. The molecule has 0 fully saturated rings. The second-order valence-corrected chi connectivity index (χ2v) is 6.81. The van der Waals surface area contributed by atoms with Crippen molar-refractivity contribution < 1.29 is 18.9 Å². The molecular weight excluding hydrogens is 386 g/mol. The number of benzene rings is 3. The molecule has 4 aromatic rings. The number of anilines is 2. The van der Waals surface area contributed by atoms with E-state index in [0.29, 0.717) is 22.7 Å². The highest BCUT2D eigenvalue weighted by Crippen LogP contribution is 2.36. The Morgan fingerprint density at radius 2 is 1.87 bits per heavy atom. The van der Waals surface area contributed by atoms with Crippen LogP contribution < -0.4 is 15.4 Å². The van der Waals surface area contributed by atoms with Gasteiger partial charge in [0.2, 0.25) is 5.91 Å². The van der Waals surface area contributed by atoms with Crippen molar-refractivity contribution in [3.05, 3.63) is 70.8 Å². The molecule has 1 aromatic heterocycles. The molecule has 3 aromatic carbocycles. The first kappa shape index (κ1) is 19.3. The number of carbonyl (C=O) groups excluding carboxylic acids is 1. The second kappa shape index (κ2) is 7.75. The number of non-ortho nitro benzene ring substituents is 1. The van der Waals surface area contributed by atoms with E-state index in [-0.39, 0.29) is 11.6 Å². The van der Waals surface area contributed by atoms with Crippen molar-refractivity contribution in [2.75, 3.05) is 17.7 Å². The average Bonchev–Trinajstić information content (AvgIpc) is 3.10. The monoisotopic (exact) mass is 405 g/mol. The Labute approximate surface area is 171 Å². The molecule has 0 aliphatic rings. The predicted molar refractivity (Wildman–Crippen MR) is 115 cm³/mol. The quantitative estimate of drug-likeness (QED) is 0.347. The number of methoxy groups -OCH3 is 1. The molecule has 8 nitrogen and oxygen atoms in total. The van der Waals surface area contributed by atoms with Gasteiger partial charge in [-0.15, -0.1) is 0 Å². The fourth-order valence-electron chi connectivity index (χ4n) is 3.28. The highest BCUT2D eigenvalue weighted by Gasteiger charge is 2.18. The largest absolute Gasteiger partial charge is 0.495 e. The molecule has 0 radical (unpaired) electrons. The number of hydrogen-bond donors (Lipinski definition) is 2. The fraction of sp³-hybridized carbons (Fsp3) is 0.136. The van der Waals surface area contributed by atoms with E-state index in [1.54, 1.807) is 25.1 Å². The Morgan fingerprint density at radius 1 is 1.07 bits per heavy atom.